The molecule has 0 unspecified atom stereocenters. The first-order chi connectivity index (χ1) is 4.79. The molecule has 4 heteroatoms. The summed E-state index contributed by atoms with van der Waals surface area (Å²) in [6.45, 7) is 1.30. The quantitative estimate of drug-likeness (QED) is 0.519. The number of rotatable bonds is 1. The van der Waals surface area contributed by atoms with Crippen LogP contribution in [0.4, 0.5) is 0 Å². The van der Waals surface area contributed by atoms with Gasteiger partial charge in [-0.05, 0) is 6.07 Å². The van der Waals surface area contributed by atoms with E-state index in [1.165, 1.54) is 19.1 Å². The third-order valence-corrected chi connectivity index (χ3v) is 0.755. The molecule has 0 aliphatic heterocycles. The van der Waals surface area contributed by atoms with Gasteiger partial charge in [-0.1, -0.05) is 0 Å². The first-order valence-corrected chi connectivity index (χ1v) is 2.67. The second-order valence-electron chi connectivity index (χ2n) is 1.59. The van der Waals surface area contributed by atoms with Gasteiger partial charge in [0.2, 0.25) is 5.88 Å². The largest absolute Gasteiger partial charge is 0.406 e. The summed E-state index contributed by atoms with van der Waals surface area (Å²) in [5, 5.41) is 6.86. The summed E-state index contributed by atoms with van der Waals surface area (Å²) in [7, 11) is 0. The van der Waals surface area contributed by atoms with E-state index in [2.05, 4.69) is 21.1 Å². The maximum atomic E-state index is 10.3. The standard InChI is InChI=1S/C6H5N2O2/c1-5(9)10-6-3-2-4-7-8-6/h2-3H,1H3. The molecule has 0 amide bonds. The minimum atomic E-state index is -0.402. The lowest BCUT2D eigenvalue weighted by Crippen LogP contribution is -2.03. The van der Waals surface area contributed by atoms with E-state index >= 15 is 0 Å². The van der Waals surface area contributed by atoms with E-state index in [1.807, 2.05) is 0 Å². The van der Waals surface area contributed by atoms with Gasteiger partial charge in [0.25, 0.3) is 0 Å². The van der Waals surface area contributed by atoms with Crippen LogP contribution in [-0.4, -0.2) is 16.2 Å². The van der Waals surface area contributed by atoms with Crippen LogP contribution in [0.3, 0.4) is 0 Å². The van der Waals surface area contributed by atoms with Crippen molar-refractivity contribution < 1.29 is 9.53 Å². The molecule has 1 radical (unpaired) electrons. The van der Waals surface area contributed by atoms with Crippen LogP contribution in [0, 0.1) is 6.20 Å². The molecular formula is C6H5N2O2. The number of hydrogen-bond donors (Lipinski definition) is 0. The van der Waals surface area contributed by atoms with Gasteiger partial charge in [-0.25, -0.2) is 0 Å². The van der Waals surface area contributed by atoms with E-state index in [9.17, 15) is 4.79 Å². The van der Waals surface area contributed by atoms with Gasteiger partial charge >= 0.3 is 5.97 Å². The minimum absolute atomic E-state index is 0.200. The van der Waals surface area contributed by atoms with Crippen LogP contribution < -0.4 is 4.74 Å². The minimum Gasteiger partial charge on any atom is -0.406 e. The molecule has 0 saturated heterocycles. The lowest BCUT2D eigenvalue weighted by Gasteiger charge is -1.94. The van der Waals surface area contributed by atoms with Crippen molar-refractivity contribution in [1.29, 1.82) is 0 Å². The molecule has 0 aliphatic rings. The third kappa shape index (κ3) is 1.81. The molecule has 10 heavy (non-hydrogen) atoms. The molecule has 0 aliphatic carbocycles. The van der Waals surface area contributed by atoms with Crippen molar-refractivity contribution in [2.75, 3.05) is 0 Å². The maximum absolute atomic E-state index is 10.3. The van der Waals surface area contributed by atoms with E-state index < -0.39 is 5.97 Å². The number of aromatic nitrogens is 2. The van der Waals surface area contributed by atoms with Gasteiger partial charge in [0.15, 0.2) is 0 Å². The summed E-state index contributed by atoms with van der Waals surface area (Å²) in [6, 6.07) is 3.03. The SMILES string of the molecule is CC(=O)Oc1cc[c]nn1. The Morgan fingerprint density at radius 2 is 2.60 bits per heavy atom. The van der Waals surface area contributed by atoms with Crippen LogP contribution in [0.2, 0.25) is 0 Å². The lowest BCUT2D eigenvalue weighted by molar-refractivity contribution is -0.132. The fourth-order valence-corrected chi connectivity index (χ4v) is 0.455. The molecular weight excluding hydrogens is 132 g/mol. The van der Waals surface area contributed by atoms with Gasteiger partial charge < -0.3 is 4.74 Å². The summed E-state index contributed by atoms with van der Waals surface area (Å²) in [4.78, 5) is 10.3. The molecule has 0 spiro atoms. The highest BCUT2D eigenvalue weighted by molar-refractivity contribution is 5.68. The molecule has 1 aromatic rings. The number of esters is 1. The van der Waals surface area contributed by atoms with Crippen LogP contribution in [-0.2, 0) is 4.79 Å². The number of hydrogen-bond acceptors (Lipinski definition) is 4. The summed E-state index contributed by atoms with van der Waals surface area (Å²) < 4.78 is 4.58. The van der Waals surface area contributed by atoms with Crippen molar-refractivity contribution in [3.63, 3.8) is 0 Å². The summed E-state index contributed by atoms with van der Waals surface area (Å²) in [5.74, 6) is -0.202. The Kier molecular flexibility index (Phi) is 1.94. The zero-order valence-electron chi connectivity index (χ0n) is 5.37. The monoisotopic (exact) mass is 137 g/mol. The van der Waals surface area contributed by atoms with Gasteiger partial charge in [0.1, 0.15) is 6.20 Å². The molecule has 0 aromatic carbocycles. The first kappa shape index (κ1) is 6.67. The molecule has 1 aromatic heterocycles. The Balaban J connectivity index is 2.67. The van der Waals surface area contributed by atoms with E-state index in [1.54, 1.807) is 0 Å². The average Bonchev–Trinajstić information content (AvgIpc) is 1.88. The van der Waals surface area contributed by atoms with Crippen LogP contribution in [0.15, 0.2) is 12.1 Å². The second kappa shape index (κ2) is 2.91. The third-order valence-electron chi connectivity index (χ3n) is 0.755. The molecule has 0 saturated carbocycles. The van der Waals surface area contributed by atoms with Crippen molar-refractivity contribution in [2.45, 2.75) is 6.92 Å². The Morgan fingerprint density at radius 3 is 3.10 bits per heavy atom. The normalized spacial score (nSPS) is 8.90. The van der Waals surface area contributed by atoms with Crippen LogP contribution >= 0.6 is 0 Å². The van der Waals surface area contributed by atoms with Gasteiger partial charge in [-0.2, -0.15) is 0 Å². The van der Waals surface area contributed by atoms with Crippen molar-refractivity contribution in [2.24, 2.45) is 0 Å². The number of carbonyl (C=O) groups is 1. The predicted octanol–water partition coefficient (Wildman–Crippen LogP) is 0.202. The van der Waals surface area contributed by atoms with Crippen molar-refractivity contribution in [1.82, 2.24) is 10.2 Å². The smallest absolute Gasteiger partial charge is 0.309 e. The predicted molar refractivity (Wildman–Crippen MR) is 32.2 cm³/mol. The topological polar surface area (TPSA) is 52.1 Å². The van der Waals surface area contributed by atoms with E-state index in [0.29, 0.717) is 0 Å². The second-order valence-corrected chi connectivity index (χ2v) is 1.59. The van der Waals surface area contributed by atoms with Gasteiger partial charge in [-0.15, -0.1) is 10.2 Å². The molecule has 1 rings (SSSR count). The summed E-state index contributed by atoms with van der Waals surface area (Å²) >= 11 is 0. The van der Waals surface area contributed by atoms with Crippen molar-refractivity contribution >= 4 is 5.97 Å². The van der Waals surface area contributed by atoms with Gasteiger partial charge in [0, 0.05) is 13.0 Å². The number of nitrogens with zero attached hydrogens (tertiary/aromatic N) is 2. The van der Waals surface area contributed by atoms with Gasteiger partial charge in [0.05, 0.1) is 0 Å². The zero-order chi connectivity index (χ0) is 7.40. The summed E-state index contributed by atoms with van der Waals surface area (Å²) in [6.07, 6.45) is 2.45. The Bertz CT molecular complexity index is 222. The molecule has 4 nitrogen and oxygen atoms in total. The molecule has 51 valence electrons. The lowest BCUT2D eigenvalue weighted by atomic mass is 10.6. The Hall–Kier alpha value is -1.45. The molecule has 0 fully saturated rings. The molecule has 1 heterocycles. The maximum Gasteiger partial charge on any atom is 0.309 e. The number of ether oxygens (including phenoxy) is 1. The first-order valence-electron chi connectivity index (χ1n) is 2.67. The fraction of sp³-hybridized carbons (Fsp3) is 0.167. The van der Waals surface area contributed by atoms with E-state index in [0.717, 1.165) is 0 Å². The van der Waals surface area contributed by atoms with Crippen LogP contribution in [0.25, 0.3) is 0 Å². The van der Waals surface area contributed by atoms with Crippen molar-refractivity contribution in [3.05, 3.63) is 18.3 Å². The molecule has 0 atom stereocenters. The van der Waals surface area contributed by atoms with E-state index in [4.69, 9.17) is 0 Å². The van der Waals surface area contributed by atoms with Crippen LogP contribution in [0.1, 0.15) is 6.92 Å². The average molecular weight is 137 g/mol. The highest BCUT2D eigenvalue weighted by Gasteiger charge is 1.95. The highest BCUT2D eigenvalue weighted by atomic mass is 16.5. The summed E-state index contributed by atoms with van der Waals surface area (Å²) in [5.41, 5.74) is 0. The Labute approximate surface area is 57.8 Å². The number of carbonyl (C=O) groups excluding carboxylic acids is 1. The Morgan fingerprint density at radius 1 is 1.80 bits per heavy atom. The molecule has 0 N–H and O–H groups in total. The van der Waals surface area contributed by atoms with Crippen LogP contribution in [0.5, 0.6) is 5.88 Å². The van der Waals surface area contributed by atoms with Crippen molar-refractivity contribution in [3.8, 4) is 5.88 Å². The van der Waals surface area contributed by atoms with E-state index in [-0.39, 0.29) is 5.88 Å². The molecule has 0 bridgehead atoms. The highest BCUT2D eigenvalue weighted by Crippen LogP contribution is 2.00. The zero-order valence-corrected chi connectivity index (χ0v) is 5.37. The van der Waals surface area contributed by atoms with Gasteiger partial charge in [-0.3, -0.25) is 4.79 Å². The fourth-order valence-electron chi connectivity index (χ4n) is 0.455.